The molecular formula is C9H11N3. The number of hydrogen-bond donors (Lipinski definition) is 0. The quantitative estimate of drug-likeness (QED) is 0.630. The van der Waals surface area contributed by atoms with Crippen molar-refractivity contribution in [1.29, 1.82) is 0 Å². The molecule has 2 rings (SSSR count). The summed E-state index contributed by atoms with van der Waals surface area (Å²) in [5.74, 6) is 0.429. The number of hydrogen-bond acceptors (Lipinski definition) is 3. The van der Waals surface area contributed by atoms with Crippen molar-refractivity contribution in [2.24, 2.45) is 4.99 Å². The van der Waals surface area contributed by atoms with Crippen molar-refractivity contribution < 1.29 is 0 Å². The summed E-state index contributed by atoms with van der Waals surface area (Å²) in [6, 6.07) is 2.02. The van der Waals surface area contributed by atoms with E-state index < -0.39 is 0 Å². The van der Waals surface area contributed by atoms with Crippen LogP contribution in [-0.2, 0) is 6.42 Å². The Labute approximate surface area is 71.6 Å². The molecule has 62 valence electrons. The Morgan fingerprint density at radius 2 is 2.17 bits per heavy atom. The highest BCUT2D eigenvalue weighted by molar-refractivity contribution is 5.74. The molecular weight excluding hydrogens is 150 g/mol. The zero-order valence-corrected chi connectivity index (χ0v) is 7.28. The molecule has 0 unspecified atom stereocenters. The van der Waals surface area contributed by atoms with Crippen molar-refractivity contribution in [2.75, 3.05) is 0 Å². The average molecular weight is 161 g/mol. The van der Waals surface area contributed by atoms with E-state index in [1.807, 2.05) is 12.3 Å². The van der Waals surface area contributed by atoms with Crippen molar-refractivity contribution >= 4 is 11.9 Å². The van der Waals surface area contributed by atoms with Gasteiger partial charge < -0.3 is 0 Å². The third kappa shape index (κ3) is 1.11. The van der Waals surface area contributed by atoms with Crippen LogP contribution in [0.15, 0.2) is 11.1 Å². The molecule has 0 atom stereocenters. The molecule has 12 heavy (non-hydrogen) atoms. The first-order valence-corrected chi connectivity index (χ1v) is 4.16. The Balaban J connectivity index is 2.44. The van der Waals surface area contributed by atoms with Crippen LogP contribution < -0.4 is 0 Å². The largest absolute Gasteiger partial charge is 0.259 e. The zero-order valence-electron chi connectivity index (χ0n) is 7.28. The van der Waals surface area contributed by atoms with E-state index in [1.165, 1.54) is 0 Å². The van der Waals surface area contributed by atoms with E-state index in [-0.39, 0.29) is 0 Å². The molecule has 0 fully saturated rings. The molecule has 0 aromatic carbocycles. The molecule has 1 aromatic heterocycles. The van der Waals surface area contributed by atoms with Gasteiger partial charge >= 0.3 is 0 Å². The number of fused-ring (bicyclic) bond motifs is 1. The Kier molecular flexibility index (Phi) is 1.64. The Morgan fingerprint density at radius 1 is 1.33 bits per heavy atom. The van der Waals surface area contributed by atoms with Gasteiger partial charge in [-0.15, -0.1) is 0 Å². The maximum atomic E-state index is 4.21. The van der Waals surface area contributed by atoms with Gasteiger partial charge in [-0.1, -0.05) is 13.8 Å². The number of rotatable bonds is 1. The highest BCUT2D eigenvalue weighted by Crippen LogP contribution is 2.24. The van der Waals surface area contributed by atoms with Crippen molar-refractivity contribution in [3.63, 3.8) is 0 Å². The molecule has 1 aliphatic rings. The fourth-order valence-electron chi connectivity index (χ4n) is 1.19. The van der Waals surface area contributed by atoms with E-state index in [2.05, 4.69) is 29.0 Å². The molecule has 3 heteroatoms. The van der Waals surface area contributed by atoms with Crippen LogP contribution in [0.5, 0.6) is 0 Å². The predicted molar refractivity (Wildman–Crippen MR) is 48.0 cm³/mol. The lowest BCUT2D eigenvalue weighted by molar-refractivity contribution is 0.777. The lowest BCUT2D eigenvalue weighted by Gasteiger charge is -2.03. The van der Waals surface area contributed by atoms with Crippen LogP contribution in [-0.4, -0.2) is 16.4 Å². The van der Waals surface area contributed by atoms with Gasteiger partial charge in [0.15, 0.2) is 0 Å². The van der Waals surface area contributed by atoms with Crippen molar-refractivity contribution in [3.05, 3.63) is 17.5 Å². The lowest BCUT2D eigenvalue weighted by atomic mass is 10.1. The first-order valence-electron chi connectivity index (χ1n) is 4.16. The molecule has 0 spiro atoms. The summed E-state index contributed by atoms with van der Waals surface area (Å²) in [5, 5.41) is 8.23. The minimum absolute atomic E-state index is 0.429. The van der Waals surface area contributed by atoms with Gasteiger partial charge in [-0.05, 0) is 12.0 Å². The van der Waals surface area contributed by atoms with E-state index >= 15 is 0 Å². The van der Waals surface area contributed by atoms with Crippen LogP contribution >= 0.6 is 0 Å². The minimum atomic E-state index is 0.429. The van der Waals surface area contributed by atoms with Gasteiger partial charge in [0.05, 0.1) is 17.1 Å². The summed E-state index contributed by atoms with van der Waals surface area (Å²) >= 11 is 0. The summed E-state index contributed by atoms with van der Waals surface area (Å²) < 4.78 is 0. The monoisotopic (exact) mass is 161 g/mol. The Morgan fingerprint density at radius 3 is 2.92 bits per heavy atom. The van der Waals surface area contributed by atoms with E-state index in [1.54, 1.807) is 0 Å². The first kappa shape index (κ1) is 7.40. The standard InChI is InChI=1S/C9H11N3/c1-6(2)8-5-9-7(11-12-8)3-4-10-9/h4-6H,3H2,1-2H3. The van der Waals surface area contributed by atoms with Crippen molar-refractivity contribution in [1.82, 2.24) is 10.2 Å². The van der Waals surface area contributed by atoms with Crippen LogP contribution in [0.2, 0.25) is 0 Å². The Hall–Kier alpha value is -1.25. The average Bonchev–Trinajstić information content (AvgIpc) is 2.49. The van der Waals surface area contributed by atoms with E-state index in [0.717, 1.165) is 23.5 Å². The smallest absolute Gasteiger partial charge is 0.0940 e. The molecule has 0 saturated carbocycles. The fraction of sp³-hybridized carbons (Fsp3) is 0.444. The molecule has 0 bridgehead atoms. The second-order valence-electron chi connectivity index (χ2n) is 3.27. The second kappa shape index (κ2) is 2.66. The third-order valence-corrected chi connectivity index (χ3v) is 1.97. The van der Waals surface area contributed by atoms with Crippen LogP contribution in [0.4, 0.5) is 5.69 Å². The fourth-order valence-corrected chi connectivity index (χ4v) is 1.19. The van der Waals surface area contributed by atoms with Crippen LogP contribution in [0.3, 0.4) is 0 Å². The minimum Gasteiger partial charge on any atom is -0.259 e. The molecule has 0 N–H and O–H groups in total. The molecule has 2 heterocycles. The number of nitrogens with zero attached hydrogens (tertiary/aromatic N) is 3. The molecule has 0 saturated heterocycles. The van der Waals surface area contributed by atoms with E-state index in [9.17, 15) is 0 Å². The predicted octanol–water partition coefficient (Wildman–Crippen LogP) is 1.86. The SMILES string of the molecule is CC(C)c1cc2c(nn1)CC=N2. The van der Waals surface area contributed by atoms with Crippen LogP contribution in [0.25, 0.3) is 0 Å². The summed E-state index contributed by atoms with van der Waals surface area (Å²) in [4.78, 5) is 4.21. The lowest BCUT2D eigenvalue weighted by Crippen LogP contribution is -1.97. The first-order chi connectivity index (χ1) is 5.77. The van der Waals surface area contributed by atoms with Gasteiger partial charge in [-0.3, -0.25) is 4.99 Å². The molecule has 0 aliphatic carbocycles. The molecule has 1 aromatic rings. The number of aromatic nitrogens is 2. The molecule has 0 amide bonds. The van der Waals surface area contributed by atoms with Gasteiger partial charge in [0.1, 0.15) is 0 Å². The molecule has 3 nitrogen and oxygen atoms in total. The van der Waals surface area contributed by atoms with Gasteiger partial charge in [-0.25, -0.2) is 0 Å². The second-order valence-corrected chi connectivity index (χ2v) is 3.27. The van der Waals surface area contributed by atoms with Crippen LogP contribution in [0.1, 0.15) is 31.2 Å². The van der Waals surface area contributed by atoms with Crippen molar-refractivity contribution in [2.45, 2.75) is 26.2 Å². The van der Waals surface area contributed by atoms with E-state index in [4.69, 9.17) is 0 Å². The third-order valence-electron chi connectivity index (χ3n) is 1.97. The van der Waals surface area contributed by atoms with Gasteiger partial charge in [0.2, 0.25) is 0 Å². The summed E-state index contributed by atoms with van der Waals surface area (Å²) in [7, 11) is 0. The Bertz CT molecular complexity index is 329. The van der Waals surface area contributed by atoms with Crippen LogP contribution in [0, 0.1) is 0 Å². The van der Waals surface area contributed by atoms with Gasteiger partial charge in [0.25, 0.3) is 0 Å². The zero-order chi connectivity index (χ0) is 8.55. The topological polar surface area (TPSA) is 38.1 Å². The summed E-state index contributed by atoms with van der Waals surface area (Å²) in [6.07, 6.45) is 2.71. The maximum absolute atomic E-state index is 4.21. The van der Waals surface area contributed by atoms with Gasteiger partial charge in [-0.2, -0.15) is 10.2 Å². The summed E-state index contributed by atoms with van der Waals surface area (Å²) in [6.45, 7) is 4.21. The number of aliphatic imine (C=N–C) groups is 1. The normalized spacial score (nSPS) is 13.9. The summed E-state index contributed by atoms with van der Waals surface area (Å²) in [5.41, 5.74) is 3.01. The highest BCUT2D eigenvalue weighted by Gasteiger charge is 2.11. The maximum Gasteiger partial charge on any atom is 0.0940 e. The van der Waals surface area contributed by atoms with Crippen molar-refractivity contribution in [3.8, 4) is 0 Å². The highest BCUT2D eigenvalue weighted by atomic mass is 15.1. The molecule has 0 radical (unpaired) electrons. The van der Waals surface area contributed by atoms with Gasteiger partial charge in [0, 0.05) is 12.6 Å². The van der Waals surface area contributed by atoms with E-state index in [0.29, 0.717) is 5.92 Å². The molecule has 1 aliphatic heterocycles.